The molecule has 3 heterocycles. The first-order valence-corrected chi connectivity index (χ1v) is 13.6. The number of phenolic OH excluding ortho intramolecular Hbond substituents is 1. The lowest BCUT2D eigenvalue weighted by molar-refractivity contribution is -0.155. The summed E-state index contributed by atoms with van der Waals surface area (Å²) >= 11 is 0. The number of aliphatic hydroxyl groups excluding tert-OH is 1. The molecule has 4 amide bonds. The standard InChI is InChI=1S/C28H31F4N5O7/c1-11-22(39)16(8-15-18(29)19(30)24(32)36-23(15)31)34-26(41)20(35-25(40)14-6-4-5-7-17(14)38)12(2)33-27(42)21(13-9-44-10-13)37(3)28(11)43/h4-7,11-13,16,20-22,38-39H,8-10H2,1-3H3,(H,33,42)(H,34,41)(H,35,40)/t11-,12-,16+,20+,21?,22+/m1/s1. The predicted octanol–water partition coefficient (Wildman–Crippen LogP) is 0.158. The van der Waals surface area contributed by atoms with Crippen molar-refractivity contribution in [2.75, 3.05) is 20.3 Å². The van der Waals surface area contributed by atoms with E-state index in [4.69, 9.17) is 4.74 Å². The molecule has 2 fully saturated rings. The van der Waals surface area contributed by atoms with Crippen molar-refractivity contribution < 1.29 is 51.7 Å². The average molecular weight is 626 g/mol. The first-order valence-electron chi connectivity index (χ1n) is 13.6. The van der Waals surface area contributed by atoms with Crippen LogP contribution in [-0.4, -0.2) is 94.3 Å². The minimum atomic E-state index is -2.09. The Balaban J connectivity index is 1.76. The zero-order valence-electron chi connectivity index (χ0n) is 23.8. The molecule has 12 nitrogen and oxygen atoms in total. The van der Waals surface area contributed by atoms with Crippen LogP contribution in [-0.2, 0) is 25.5 Å². The number of phenols is 1. The SMILES string of the molecule is C[C@H]1NC(=O)C(C2COC2)N(C)C(=O)[C@H](C)[C@H](O)[C@H](Cc2c(F)nc(F)c(F)c2F)NC(=O)[C@H]1NC(=O)c1ccccc1O. The van der Waals surface area contributed by atoms with Crippen LogP contribution in [0.15, 0.2) is 24.3 Å². The molecular formula is C28H31F4N5O7. The molecule has 0 aliphatic carbocycles. The summed E-state index contributed by atoms with van der Waals surface area (Å²) in [5.41, 5.74) is -1.34. The summed E-state index contributed by atoms with van der Waals surface area (Å²) in [7, 11) is 1.31. The second-order valence-electron chi connectivity index (χ2n) is 10.9. The van der Waals surface area contributed by atoms with Gasteiger partial charge in [0.25, 0.3) is 11.9 Å². The number of nitrogens with one attached hydrogen (secondary N) is 3. The predicted molar refractivity (Wildman–Crippen MR) is 143 cm³/mol. The third-order valence-electron chi connectivity index (χ3n) is 7.88. The molecule has 16 heteroatoms. The highest BCUT2D eigenvalue weighted by Gasteiger charge is 2.44. The van der Waals surface area contributed by atoms with E-state index in [0.29, 0.717) is 0 Å². The van der Waals surface area contributed by atoms with Gasteiger partial charge in [0.1, 0.15) is 17.8 Å². The fraction of sp³-hybridized carbons (Fsp3) is 0.464. The Hall–Kier alpha value is -4.31. The van der Waals surface area contributed by atoms with Gasteiger partial charge in [-0.05, 0) is 19.1 Å². The van der Waals surface area contributed by atoms with Gasteiger partial charge in [-0.2, -0.15) is 18.2 Å². The molecule has 4 rings (SSSR count). The first kappa shape index (κ1) is 32.6. The molecule has 5 N–H and O–H groups in total. The summed E-state index contributed by atoms with van der Waals surface area (Å²) in [6.45, 7) is 2.86. The summed E-state index contributed by atoms with van der Waals surface area (Å²) in [4.78, 5) is 57.4. The Labute approximate surface area is 248 Å². The molecule has 0 saturated carbocycles. The van der Waals surface area contributed by atoms with Gasteiger partial charge >= 0.3 is 0 Å². The Bertz CT molecular complexity index is 1460. The molecule has 2 aromatic rings. The highest BCUT2D eigenvalue weighted by Crippen LogP contribution is 2.25. The van der Waals surface area contributed by atoms with Gasteiger partial charge in [-0.15, -0.1) is 0 Å². The quantitative estimate of drug-likeness (QED) is 0.231. The Morgan fingerprint density at radius 1 is 1.05 bits per heavy atom. The number of amides is 4. The Morgan fingerprint density at radius 2 is 1.70 bits per heavy atom. The number of aromatic hydroxyl groups is 1. The van der Waals surface area contributed by atoms with Crippen molar-refractivity contribution in [2.24, 2.45) is 11.8 Å². The highest BCUT2D eigenvalue weighted by atomic mass is 19.2. The minimum Gasteiger partial charge on any atom is -0.507 e. The van der Waals surface area contributed by atoms with Crippen LogP contribution < -0.4 is 16.0 Å². The number of rotatable bonds is 5. The van der Waals surface area contributed by atoms with Crippen molar-refractivity contribution >= 4 is 23.6 Å². The van der Waals surface area contributed by atoms with Gasteiger partial charge in [0, 0.05) is 24.9 Å². The van der Waals surface area contributed by atoms with E-state index in [9.17, 15) is 47.0 Å². The molecule has 2 aliphatic rings. The molecule has 2 aliphatic heterocycles. The van der Waals surface area contributed by atoms with E-state index in [0.717, 1.165) is 4.90 Å². The normalized spacial score (nSPS) is 27.0. The van der Waals surface area contributed by atoms with Crippen molar-refractivity contribution in [3.8, 4) is 5.75 Å². The number of para-hydroxylation sites is 1. The van der Waals surface area contributed by atoms with Gasteiger partial charge in [-0.25, -0.2) is 4.39 Å². The van der Waals surface area contributed by atoms with Gasteiger partial charge in [-0.1, -0.05) is 19.1 Å². The van der Waals surface area contributed by atoms with Crippen LogP contribution in [0.25, 0.3) is 0 Å². The smallest absolute Gasteiger partial charge is 0.255 e. The van der Waals surface area contributed by atoms with E-state index >= 15 is 0 Å². The van der Waals surface area contributed by atoms with Gasteiger partial charge in [0.05, 0.1) is 42.9 Å². The number of aliphatic hydroxyl groups is 1. The van der Waals surface area contributed by atoms with Gasteiger partial charge < -0.3 is 35.8 Å². The lowest BCUT2D eigenvalue weighted by Crippen LogP contribution is -2.65. The highest BCUT2D eigenvalue weighted by molar-refractivity contribution is 6.00. The maximum atomic E-state index is 14.6. The second-order valence-corrected chi connectivity index (χ2v) is 10.9. The van der Waals surface area contributed by atoms with E-state index in [1.54, 1.807) is 0 Å². The molecule has 238 valence electrons. The molecule has 44 heavy (non-hydrogen) atoms. The summed E-state index contributed by atoms with van der Waals surface area (Å²) < 4.78 is 61.9. The zero-order valence-corrected chi connectivity index (χ0v) is 23.8. The van der Waals surface area contributed by atoms with Crippen molar-refractivity contribution in [1.82, 2.24) is 25.8 Å². The van der Waals surface area contributed by atoms with Crippen molar-refractivity contribution in [2.45, 2.75) is 50.5 Å². The number of hydrogen-bond donors (Lipinski definition) is 5. The largest absolute Gasteiger partial charge is 0.507 e. The van der Waals surface area contributed by atoms with Crippen LogP contribution in [0.2, 0.25) is 0 Å². The van der Waals surface area contributed by atoms with Crippen molar-refractivity contribution in [1.29, 1.82) is 0 Å². The third-order valence-corrected chi connectivity index (χ3v) is 7.88. The maximum absolute atomic E-state index is 14.6. The van der Waals surface area contributed by atoms with E-state index in [1.165, 1.54) is 45.2 Å². The molecule has 0 spiro atoms. The van der Waals surface area contributed by atoms with E-state index in [-0.39, 0.29) is 18.8 Å². The number of nitrogens with zero attached hydrogens (tertiary/aromatic N) is 2. The van der Waals surface area contributed by atoms with Crippen LogP contribution in [0.3, 0.4) is 0 Å². The van der Waals surface area contributed by atoms with Crippen LogP contribution in [0, 0.1) is 35.4 Å². The molecule has 1 aromatic carbocycles. The zero-order chi connectivity index (χ0) is 32.5. The third kappa shape index (κ3) is 6.45. The first-order chi connectivity index (χ1) is 20.7. The Morgan fingerprint density at radius 3 is 2.32 bits per heavy atom. The fourth-order valence-corrected chi connectivity index (χ4v) is 5.23. The van der Waals surface area contributed by atoms with Gasteiger partial charge in [0.15, 0.2) is 5.82 Å². The average Bonchev–Trinajstić information content (AvgIpc) is 2.95. The van der Waals surface area contributed by atoms with Gasteiger partial charge in [-0.3, -0.25) is 19.2 Å². The number of carbonyl (C=O) groups excluding carboxylic acids is 4. The number of benzene rings is 1. The number of carbonyl (C=O) groups is 4. The van der Waals surface area contributed by atoms with Crippen LogP contribution in [0.4, 0.5) is 17.6 Å². The van der Waals surface area contributed by atoms with Crippen molar-refractivity contribution in [3.05, 3.63) is 58.9 Å². The molecule has 6 atom stereocenters. The summed E-state index contributed by atoms with van der Waals surface area (Å²) in [5, 5.41) is 28.7. The second kappa shape index (κ2) is 13.1. The number of halogens is 4. The number of ether oxygens (including phenoxy) is 1. The summed E-state index contributed by atoms with van der Waals surface area (Å²) in [6, 6.07) is -0.262. The molecule has 2 saturated heterocycles. The van der Waals surface area contributed by atoms with E-state index < -0.39 is 107 Å². The molecule has 0 bridgehead atoms. The Kier molecular flexibility index (Phi) is 9.73. The molecule has 1 unspecified atom stereocenters. The molecular weight excluding hydrogens is 594 g/mol. The lowest BCUT2D eigenvalue weighted by atomic mass is 9.89. The number of likely N-dealkylation sites (N-methyl/N-ethyl adjacent to an activating group) is 1. The topological polar surface area (TPSA) is 170 Å². The summed E-state index contributed by atoms with van der Waals surface area (Å²) in [6.07, 6.45) is -2.89. The lowest BCUT2D eigenvalue weighted by Gasteiger charge is -2.41. The van der Waals surface area contributed by atoms with Crippen LogP contribution in [0.5, 0.6) is 5.75 Å². The fourth-order valence-electron chi connectivity index (χ4n) is 5.23. The maximum Gasteiger partial charge on any atom is 0.255 e. The van der Waals surface area contributed by atoms with E-state index in [1.807, 2.05) is 0 Å². The van der Waals surface area contributed by atoms with Gasteiger partial charge in [0.2, 0.25) is 29.5 Å². The minimum absolute atomic E-state index is 0.124. The van der Waals surface area contributed by atoms with Crippen molar-refractivity contribution in [3.63, 3.8) is 0 Å². The summed E-state index contributed by atoms with van der Waals surface area (Å²) in [5.74, 6) is -13.6. The molecule has 1 aromatic heterocycles. The monoisotopic (exact) mass is 625 g/mol. The van der Waals surface area contributed by atoms with E-state index in [2.05, 4.69) is 20.9 Å². The molecule has 0 radical (unpaired) electrons. The number of hydrogen-bond acceptors (Lipinski definition) is 8. The number of aromatic nitrogens is 1. The van der Waals surface area contributed by atoms with Crippen LogP contribution in [0.1, 0.15) is 29.8 Å². The van der Waals surface area contributed by atoms with Crippen LogP contribution >= 0.6 is 0 Å². The number of pyridine rings is 1.